The van der Waals surface area contributed by atoms with Gasteiger partial charge in [-0.25, -0.2) is 14.5 Å². The molecular weight excluding hydrogens is 429 g/mol. The van der Waals surface area contributed by atoms with E-state index in [0.29, 0.717) is 17.4 Å². The first-order chi connectivity index (χ1) is 14.7. The summed E-state index contributed by atoms with van der Waals surface area (Å²) in [7, 11) is 0. The van der Waals surface area contributed by atoms with Gasteiger partial charge in [0.25, 0.3) is 5.91 Å². The molecule has 0 unspecified atom stereocenters. The minimum atomic E-state index is -4.83. The minimum Gasteiger partial charge on any atom is -0.444 e. The average molecular weight is 450 g/mol. The highest BCUT2D eigenvalue weighted by Gasteiger charge is 2.70. The molecule has 11 heteroatoms. The van der Waals surface area contributed by atoms with Gasteiger partial charge >= 0.3 is 18.3 Å². The van der Waals surface area contributed by atoms with Crippen molar-refractivity contribution in [3.05, 3.63) is 29.3 Å². The van der Waals surface area contributed by atoms with Crippen molar-refractivity contribution in [2.45, 2.75) is 63.5 Å². The summed E-state index contributed by atoms with van der Waals surface area (Å²) >= 11 is 0. The van der Waals surface area contributed by atoms with E-state index < -0.39 is 58.6 Å². The maximum absolute atomic E-state index is 13.4. The standard InChI is InChI=1S/C21H21F3N4O4/c1-19(2,3)32-18(31)26-10-13-8-15(26)20(4)16(29)27(17(30)28(13)20)12-6-5-11(9-25)14(7-12)21(22,23)24/h5-7,13,15H,8,10H2,1-4H3/t13-,15-,20+/m0/s1. The lowest BCUT2D eigenvalue weighted by Crippen LogP contribution is -2.63. The van der Waals surface area contributed by atoms with E-state index in [0.717, 1.165) is 12.1 Å². The Kier molecular flexibility index (Phi) is 4.52. The number of likely N-dealkylation sites (tertiary alicyclic amines) is 1. The van der Waals surface area contributed by atoms with Crippen LogP contribution in [0.5, 0.6) is 0 Å². The molecule has 0 saturated carbocycles. The maximum atomic E-state index is 13.4. The van der Waals surface area contributed by atoms with Crippen molar-refractivity contribution in [2.24, 2.45) is 0 Å². The normalized spacial score (nSPS) is 27.1. The minimum absolute atomic E-state index is 0.170. The molecule has 3 atom stereocenters. The fourth-order valence-electron chi connectivity index (χ4n) is 4.85. The Morgan fingerprint density at radius 3 is 2.47 bits per heavy atom. The number of nitrogens with zero attached hydrogens (tertiary/aromatic N) is 4. The lowest BCUT2D eigenvalue weighted by Gasteiger charge is -2.42. The molecular formula is C21H21F3N4O4. The zero-order chi connectivity index (χ0) is 23.8. The number of amides is 4. The summed E-state index contributed by atoms with van der Waals surface area (Å²) < 4.78 is 45.6. The number of halogens is 3. The second-order valence-corrected chi connectivity index (χ2v) is 9.32. The monoisotopic (exact) mass is 450 g/mol. The number of benzene rings is 1. The molecule has 3 saturated heterocycles. The number of carbonyl (C=O) groups is 3. The summed E-state index contributed by atoms with van der Waals surface area (Å²) in [6.45, 7) is 6.82. The number of fused-ring (bicyclic) bond motifs is 5. The van der Waals surface area contributed by atoms with Gasteiger partial charge in [-0.05, 0) is 52.3 Å². The van der Waals surface area contributed by atoms with Crippen molar-refractivity contribution < 1.29 is 32.3 Å². The van der Waals surface area contributed by atoms with E-state index in [-0.39, 0.29) is 12.2 Å². The number of hydrogen-bond acceptors (Lipinski definition) is 5. The number of carbonyl (C=O) groups excluding carboxylic acids is 3. The molecule has 0 aliphatic carbocycles. The van der Waals surface area contributed by atoms with Crippen LogP contribution >= 0.6 is 0 Å². The van der Waals surface area contributed by atoms with Crippen molar-refractivity contribution in [1.82, 2.24) is 9.80 Å². The first-order valence-corrected chi connectivity index (χ1v) is 9.99. The summed E-state index contributed by atoms with van der Waals surface area (Å²) in [6, 6.07) is 2.32. The van der Waals surface area contributed by atoms with Crippen molar-refractivity contribution in [3.63, 3.8) is 0 Å². The van der Waals surface area contributed by atoms with Crippen LogP contribution in [0.2, 0.25) is 0 Å². The van der Waals surface area contributed by atoms with Crippen LogP contribution in [0.3, 0.4) is 0 Å². The van der Waals surface area contributed by atoms with Gasteiger partial charge in [0.1, 0.15) is 11.1 Å². The van der Waals surface area contributed by atoms with Crippen LogP contribution in [0.1, 0.15) is 45.2 Å². The molecule has 3 fully saturated rings. The quantitative estimate of drug-likeness (QED) is 0.611. The number of imide groups is 1. The van der Waals surface area contributed by atoms with Crippen molar-refractivity contribution >= 4 is 23.7 Å². The van der Waals surface area contributed by atoms with Crippen LogP contribution in [0.4, 0.5) is 28.4 Å². The third-order valence-corrected chi connectivity index (χ3v) is 6.14. The first kappa shape index (κ1) is 21.9. The van der Waals surface area contributed by atoms with E-state index >= 15 is 0 Å². The average Bonchev–Trinajstić information content (AvgIpc) is 3.28. The number of ether oxygens (including phenoxy) is 1. The van der Waals surface area contributed by atoms with E-state index in [4.69, 9.17) is 10.00 Å². The Balaban J connectivity index is 1.70. The first-order valence-electron chi connectivity index (χ1n) is 9.99. The van der Waals surface area contributed by atoms with Gasteiger partial charge < -0.3 is 14.5 Å². The van der Waals surface area contributed by atoms with E-state index in [9.17, 15) is 27.6 Å². The Labute approximate surface area is 182 Å². The second kappa shape index (κ2) is 6.60. The summed E-state index contributed by atoms with van der Waals surface area (Å²) in [5.74, 6) is -0.721. The Hall–Kier alpha value is -3.29. The van der Waals surface area contributed by atoms with E-state index in [1.807, 2.05) is 0 Å². The largest absolute Gasteiger partial charge is 0.444 e. The van der Waals surface area contributed by atoms with Gasteiger partial charge in [-0.1, -0.05) is 0 Å². The smallest absolute Gasteiger partial charge is 0.417 e. The van der Waals surface area contributed by atoms with Gasteiger partial charge in [0.2, 0.25) is 0 Å². The molecule has 1 aromatic rings. The molecule has 3 aliphatic rings. The van der Waals surface area contributed by atoms with Crippen LogP contribution in [0.25, 0.3) is 0 Å². The van der Waals surface area contributed by atoms with Crippen LogP contribution in [-0.4, -0.2) is 57.6 Å². The number of rotatable bonds is 1. The van der Waals surface area contributed by atoms with Crippen LogP contribution in [0.15, 0.2) is 18.2 Å². The van der Waals surface area contributed by atoms with Crippen molar-refractivity contribution in [1.29, 1.82) is 5.26 Å². The molecule has 8 nitrogen and oxygen atoms in total. The van der Waals surface area contributed by atoms with E-state index in [1.54, 1.807) is 20.8 Å². The van der Waals surface area contributed by atoms with Crippen molar-refractivity contribution in [2.75, 3.05) is 11.4 Å². The zero-order valence-electron chi connectivity index (χ0n) is 17.9. The van der Waals surface area contributed by atoms with Gasteiger partial charge in [-0.3, -0.25) is 4.79 Å². The topological polar surface area (TPSA) is 94.0 Å². The van der Waals surface area contributed by atoms with E-state index in [2.05, 4.69) is 0 Å². The Morgan fingerprint density at radius 1 is 1.25 bits per heavy atom. The molecule has 3 aliphatic heterocycles. The van der Waals surface area contributed by atoms with Gasteiger partial charge in [-0.15, -0.1) is 0 Å². The molecule has 0 radical (unpaired) electrons. The van der Waals surface area contributed by atoms with Gasteiger partial charge in [0.15, 0.2) is 0 Å². The maximum Gasteiger partial charge on any atom is 0.417 e. The number of nitriles is 1. The predicted molar refractivity (Wildman–Crippen MR) is 104 cm³/mol. The number of alkyl halides is 3. The van der Waals surface area contributed by atoms with Gasteiger partial charge in [0, 0.05) is 6.54 Å². The van der Waals surface area contributed by atoms with Crippen LogP contribution in [0, 0.1) is 11.3 Å². The molecule has 1 aromatic carbocycles. The molecule has 4 amide bonds. The van der Waals surface area contributed by atoms with Gasteiger partial charge in [0.05, 0.1) is 35.0 Å². The molecule has 4 rings (SSSR count). The van der Waals surface area contributed by atoms with Crippen molar-refractivity contribution in [3.8, 4) is 6.07 Å². The Morgan fingerprint density at radius 2 is 1.91 bits per heavy atom. The SMILES string of the molecule is CC(C)(C)OC(=O)N1C[C@@H]2C[C@H]1[C@]1(C)C(=O)N(c3ccc(C#N)c(C(F)(F)F)c3)C(=O)N21. The third kappa shape index (κ3) is 3.00. The number of piperazine rings is 1. The lowest BCUT2D eigenvalue weighted by molar-refractivity contribution is -0.137. The van der Waals surface area contributed by atoms with Crippen LogP contribution in [-0.2, 0) is 15.7 Å². The summed E-state index contributed by atoms with van der Waals surface area (Å²) in [5.41, 5.74) is -4.29. The fraction of sp³-hybridized carbons (Fsp3) is 0.524. The number of hydrogen-bond donors (Lipinski definition) is 0. The van der Waals surface area contributed by atoms with Crippen LogP contribution < -0.4 is 4.90 Å². The molecule has 2 bridgehead atoms. The Bertz CT molecular complexity index is 1070. The molecule has 0 aromatic heterocycles. The summed E-state index contributed by atoms with van der Waals surface area (Å²) in [6.07, 6.45) is -5.07. The molecule has 3 heterocycles. The summed E-state index contributed by atoms with van der Waals surface area (Å²) in [4.78, 5) is 42.7. The van der Waals surface area contributed by atoms with Gasteiger partial charge in [-0.2, -0.15) is 18.4 Å². The predicted octanol–water partition coefficient (Wildman–Crippen LogP) is 3.50. The zero-order valence-corrected chi connectivity index (χ0v) is 17.9. The lowest BCUT2D eigenvalue weighted by atomic mass is 9.92. The number of urea groups is 1. The second-order valence-electron chi connectivity index (χ2n) is 9.32. The molecule has 32 heavy (non-hydrogen) atoms. The third-order valence-electron chi connectivity index (χ3n) is 6.14. The highest BCUT2D eigenvalue weighted by Crippen LogP contribution is 2.49. The number of anilines is 1. The molecule has 170 valence electrons. The summed E-state index contributed by atoms with van der Waals surface area (Å²) in [5, 5.41) is 9.00. The molecule has 0 spiro atoms. The molecule has 0 N–H and O–H groups in total. The fourth-order valence-corrected chi connectivity index (χ4v) is 4.85. The highest BCUT2D eigenvalue weighted by molar-refractivity contribution is 6.24. The highest BCUT2D eigenvalue weighted by atomic mass is 19.4. The van der Waals surface area contributed by atoms with E-state index in [1.165, 1.54) is 22.8 Å².